The van der Waals surface area contributed by atoms with Crippen molar-refractivity contribution >= 4 is 0 Å². The molecule has 1 saturated heterocycles. The van der Waals surface area contributed by atoms with Gasteiger partial charge in [0.05, 0.1) is 7.11 Å². The van der Waals surface area contributed by atoms with E-state index in [1.807, 2.05) is 6.07 Å². The van der Waals surface area contributed by atoms with Crippen molar-refractivity contribution in [2.75, 3.05) is 20.2 Å². The Bertz CT molecular complexity index is 311. The normalized spacial score (nSPS) is 26.4. The van der Waals surface area contributed by atoms with Crippen LogP contribution in [0.5, 0.6) is 5.75 Å². The molecule has 1 aliphatic rings. The van der Waals surface area contributed by atoms with E-state index in [2.05, 4.69) is 30.4 Å². The highest BCUT2D eigenvalue weighted by molar-refractivity contribution is 5.32. The van der Waals surface area contributed by atoms with Crippen molar-refractivity contribution in [2.45, 2.75) is 12.8 Å². The van der Waals surface area contributed by atoms with Crippen LogP contribution in [0.3, 0.4) is 0 Å². The molecule has 1 aromatic rings. The van der Waals surface area contributed by atoms with Crippen LogP contribution in [0.1, 0.15) is 18.4 Å². The lowest BCUT2D eigenvalue weighted by Gasteiger charge is -2.15. The smallest absolute Gasteiger partial charge is 0.119 e. The summed E-state index contributed by atoms with van der Waals surface area (Å²) in [6, 6.07) is 8.40. The molecule has 1 fully saturated rings. The Morgan fingerprint density at radius 1 is 1.36 bits per heavy atom. The van der Waals surface area contributed by atoms with Gasteiger partial charge >= 0.3 is 0 Å². The van der Waals surface area contributed by atoms with Gasteiger partial charge in [0.2, 0.25) is 0 Å². The first kappa shape index (κ1) is 9.53. The van der Waals surface area contributed by atoms with Gasteiger partial charge in [0.15, 0.2) is 0 Å². The standard InChI is InChI=1S/C12H17NO/c1-9-7-13-8-12(9)10-4-3-5-11(6-10)14-2/h3-6,9,12-13H,7-8H2,1-2H3/t9-,12+/m1/s1. The van der Waals surface area contributed by atoms with E-state index in [0.29, 0.717) is 5.92 Å². The highest BCUT2D eigenvalue weighted by Gasteiger charge is 2.24. The zero-order valence-electron chi connectivity index (χ0n) is 8.79. The topological polar surface area (TPSA) is 21.3 Å². The number of rotatable bonds is 2. The van der Waals surface area contributed by atoms with E-state index in [1.165, 1.54) is 5.56 Å². The minimum atomic E-state index is 0.644. The monoisotopic (exact) mass is 191 g/mol. The van der Waals surface area contributed by atoms with Crippen molar-refractivity contribution in [1.29, 1.82) is 0 Å². The van der Waals surface area contributed by atoms with Gasteiger partial charge in [-0.25, -0.2) is 0 Å². The van der Waals surface area contributed by atoms with Gasteiger partial charge in [-0.3, -0.25) is 0 Å². The first-order valence-electron chi connectivity index (χ1n) is 5.16. The number of benzene rings is 1. The maximum absolute atomic E-state index is 5.23. The van der Waals surface area contributed by atoms with Crippen LogP contribution in [0, 0.1) is 5.92 Å². The van der Waals surface area contributed by atoms with Gasteiger partial charge < -0.3 is 10.1 Å². The minimum absolute atomic E-state index is 0.644. The molecule has 76 valence electrons. The highest BCUT2D eigenvalue weighted by atomic mass is 16.5. The van der Waals surface area contributed by atoms with E-state index in [9.17, 15) is 0 Å². The molecule has 0 aromatic heterocycles. The van der Waals surface area contributed by atoms with Gasteiger partial charge in [0.25, 0.3) is 0 Å². The molecule has 1 heterocycles. The second kappa shape index (κ2) is 4.01. The molecule has 1 aromatic carbocycles. The van der Waals surface area contributed by atoms with Crippen molar-refractivity contribution in [3.63, 3.8) is 0 Å². The predicted molar refractivity (Wildman–Crippen MR) is 57.8 cm³/mol. The maximum atomic E-state index is 5.23. The summed E-state index contributed by atoms with van der Waals surface area (Å²) in [5.74, 6) is 2.33. The average Bonchev–Trinajstić information content (AvgIpc) is 2.65. The first-order chi connectivity index (χ1) is 6.81. The summed E-state index contributed by atoms with van der Waals surface area (Å²) in [6.45, 7) is 4.51. The molecule has 2 atom stereocenters. The second-order valence-electron chi connectivity index (χ2n) is 4.02. The summed E-state index contributed by atoms with van der Waals surface area (Å²) < 4.78 is 5.23. The molecule has 1 aliphatic heterocycles. The van der Waals surface area contributed by atoms with Crippen LogP contribution in [0.25, 0.3) is 0 Å². The molecule has 0 radical (unpaired) electrons. The lowest BCUT2D eigenvalue weighted by Crippen LogP contribution is -2.08. The van der Waals surface area contributed by atoms with Crippen LogP contribution in [0.4, 0.5) is 0 Å². The van der Waals surface area contributed by atoms with Crippen molar-refractivity contribution in [3.8, 4) is 5.75 Å². The Hall–Kier alpha value is -1.02. The Kier molecular flexibility index (Phi) is 2.73. The van der Waals surface area contributed by atoms with Crippen LogP contribution in [-0.4, -0.2) is 20.2 Å². The van der Waals surface area contributed by atoms with Crippen LogP contribution in [0.15, 0.2) is 24.3 Å². The van der Waals surface area contributed by atoms with Crippen LogP contribution < -0.4 is 10.1 Å². The zero-order valence-corrected chi connectivity index (χ0v) is 8.79. The van der Waals surface area contributed by atoms with Gasteiger partial charge in [-0.2, -0.15) is 0 Å². The number of hydrogen-bond acceptors (Lipinski definition) is 2. The fourth-order valence-corrected chi connectivity index (χ4v) is 2.13. The average molecular weight is 191 g/mol. The molecule has 1 N–H and O–H groups in total. The number of hydrogen-bond donors (Lipinski definition) is 1. The largest absolute Gasteiger partial charge is 0.497 e. The lowest BCUT2D eigenvalue weighted by molar-refractivity contribution is 0.413. The summed E-state index contributed by atoms with van der Waals surface area (Å²) in [5.41, 5.74) is 1.39. The summed E-state index contributed by atoms with van der Waals surface area (Å²) in [5, 5.41) is 3.42. The Morgan fingerprint density at radius 3 is 2.86 bits per heavy atom. The maximum Gasteiger partial charge on any atom is 0.119 e. The first-order valence-corrected chi connectivity index (χ1v) is 5.16. The molecule has 2 rings (SSSR count). The Labute approximate surface area is 85.3 Å². The van der Waals surface area contributed by atoms with Gasteiger partial charge in [-0.15, -0.1) is 0 Å². The molecule has 0 unspecified atom stereocenters. The number of methoxy groups -OCH3 is 1. The Balaban J connectivity index is 2.22. The third kappa shape index (κ3) is 1.75. The third-order valence-corrected chi connectivity index (χ3v) is 3.04. The minimum Gasteiger partial charge on any atom is -0.497 e. The summed E-state index contributed by atoms with van der Waals surface area (Å²) >= 11 is 0. The zero-order chi connectivity index (χ0) is 9.97. The lowest BCUT2D eigenvalue weighted by atomic mass is 9.90. The number of nitrogens with one attached hydrogen (secondary N) is 1. The molecule has 2 nitrogen and oxygen atoms in total. The summed E-state index contributed by atoms with van der Waals surface area (Å²) in [6.07, 6.45) is 0. The van der Waals surface area contributed by atoms with E-state index in [0.717, 1.165) is 24.8 Å². The van der Waals surface area contributed by atoms with Crippen LogP contribution in [0.2, 0.25) is 0 Å². The molecule has 0 saturated carbocycles. The van der Waals surface area contributed by atoms with Gasteiger partial charge in [-0.1, -0.05) is 19.1 Å². The molecule has 0 bridgehead atoms. The van der Waals surface area contributed by atoms with Crippen LogP contribution >= 0.6 is 0 Å². The van der Waals surface area contributed by atoms with E-state index >= 15 is 0 Å². The van der Waals surface area contributed by atoms with Crippen molar-refractivity contribution in [1.82, 2.24) is 5.32 Å². The van der Waals surface area contributed by atoms with Gasteiger partial charge in [0, 0.05) is 12.5 Å². The second-order valence-corrected chi connectivity index (χ2v) is 4.02. The quantitative estimate of drug-likeness (QED) is 0.772. The molecule has 2 heteroatoms. The van der Waals surface area contributed by atoms with Crippen molar-refractivity contribution < 1.29 is 4.74 Å². The molecule has 0 amide bonds. The molecule has 0 spiro atoms. The molecule has 14 heavy (non-hydrogen) atoms. The Morgan fingerprint density at radius 2 is 2.21 bits per heavy atom. The fraction of sp³-hybridized carbons (Fsp3) is 0.500. The van der Waals surface area contributed by atoms with E-state index in [-0.39, 0.29) is 0 Å². The fourth-order valence-electron chi connectivity index (χ4n) is 2.13. The number of ether oxygens (including phenoxy) is 1. The predicted octanol–water partition coefficient (Wildman–Crippen LogP) is 2.02. The van der Waals surface area contributed by atoms with Crippen molar-refractivity contribution in [2.24, 2.45) is 5.92 Å². The van der Waals surface area contributed by atoms with Crippen molar-refractivity contribution in [3.05, 3.63) is 29.8 Å². The van der Waals surface area contributed by atoms with E-state index in [1.54, 1.807) is 7.11 Å². The van der Waals surface area contributed by atoms with Crippen LogP contribution in [-0.2, 0) is 0 Å². The summed E-state index contributed by atoms with van der Waals surface area (Å²) in [7, 11) is 1.72. The van der Waals surface area contributed by atoms with E-state index < -0.39 is 0 Å². The third-order valence-electron chi connectivity index (χ3n) is 3.04. The van der Waals surface area contributed by atoms with E-state index in [4.69, 9.17) is 4.74 Å². The molecular weight excluding hydrogens is 174 g/mol. The SMILES string of the molecule is COc1cccc([C@H]2CNC[C@H]2C)c1. The summed E-state index contributed by atoms with van der Waals surface area (Å²) in [4.78, 5) is 0. The highest BCUT2D eigenvalue weighted by Crippen LogP contribution is 2.29. The van der Waals surface area contributed by atoms with Gasteiger partial charge in [-0.05, 0) is 30.2 Å². The molecule has 0 aliphatic carbocycles. The van der Waals surface area contributed by atoms with Gasteiger partial charge in [0.1, 0.15) is 5.75 Å². The molecular formula is C12H17NO.